The summed E-state index contributed by atoms with van der Waals surface area (Å²) >= 11 is 0. The Labute approximate surface area is 171 Å². The Morgan fingerprint density at radius 2 is 1.60 bits per heavy atom. The Morgan fingerprint density at radius 3 is 2.27 bits per heavy atom. The highest BCUT2D eigenvalue weighted by atomic mass is 32.2. The van der Waals surface area contributed by atoms with Gasteiger partial charge in [-0.05, 0) is 54.4 Å². The van der Waals surface area contributed by atoms with Crippen molar-refractivity contribution in [2.75, 3.05) is 10.9 Å². The molecule has 30 heavy (non-hydrogen) atoms. The molecule has 0 saturated heterocycles. The number of hydrogen-bond donors (Lipinski definition) is 3. The van der Waals surface area contributed by atoms with E-state index < -0.39 is 21.0 Å². The van der Waals surface area contributed by atoms with E-state index in [1.165, 1.54) is 36.4 Å². The first-order valence-corrected chi connectivity index (χ1v) is 10.3. The van der Waals surface area contributed by atoms with Gasteiger partial charge in [-0.2, -0.15) is 18.6 Å². The predicted molar refractivity (Wildman–Crippen MR) is 112 cm³/mol. The lowest BCUT2D eigenvalue weighted by Gasteiger charge is -2.05. The van der Waals surface area contributed by atoms with E-state index in [0.717, 1.165) is 12.0 Å². The first kappa shape index (κ1) is 21.1. The summed E-state index contributed by atoms with van der Waals surface area (Å²) in [6.07, 6.45) is 0.753. The van der Waals surface area contributed by atoms with Gasteiger partial charge in [-0.3, -0.25) is 25.0 Å². The fraction of sp³-hybridized carbons (Fsp3) is 0.100. The minimum Gasteiger partial charge on any atom is -0.287 e. The molecule has 0 aliphatic heterocycles. The summed E-state index contributed by atoms with van der Waals surface area (Å²) in [4.78, 5) is 24.4. The second-order valence-corrected chi connectivity index (χ2v) is 7.64. The van der Waals surface area contributed by atoms with E-state index in [-0.39, 0.29) is 15.6 Å². The molecule has 3 N–H and O–H groups in total. The predicted octanol–water partition coefficient (Wildman–Crippen LogP) is 0.947. The second-order valence-electron chi connectivity index (χ2n) is 6.22. The maximum absolute atomic E-state index is 12.6. The summed E-state index contributed by atoms with van der Waals surface area (Å²) in [6, 6.07) is 15.0. The van der Waals surface area contributed by atoms with Crippen LogP contribution in [0.1, 0.15) is 12.5 Å². The van der Waals surface area contributed by atoms with Crippen LogP contribution in [0.25, 0.3) is 0 Å². The Hall–Kier alpha value is -3.63. The average molecular weight is 426 g/mol. The molecular weight excluding hydrogens is 408 g/mol. The third kappa shape index (κ3) is 4.85. The van der Waals surface area contributed by atoms with Crippen LogP contribution in [0.3, 0.4) is 0 Å². The van der Waals surface area contributed by atoms with Gasteiger partial charge in [-0.25, -0.2) is 0 Å². The number of para-hydroxylation sites is 1. The Morgan fingerprint density at radius 1 is 0.900 bits per heavy atom. The number of anilines is 2. The number of benzene rings is 3. The van der Waals surface area contributed by atoms with E-state index in [4.69, 9.17) is 4.55 Å². The largest absolute Gasteiger partial charge is 0.294 e. The third-order valence-electron chi connectivity index (χ3n) is 4.22. The molecule has 0 heterocycles. The summed E-state index contributed by atoms with van der Waals surface area (Å²) < 4.78 is 31.1. The van der Waals surface area contributed by atoms with Gasteiger partial charge in [0.25, 0.3) is 10.1 Å². The molecule has 3 rings (SSSR count). The maximum atomic E-state index is 12.6. The quantitative estimate of drug-likeness (QED) is 0.394. The van der Waals surface area contributed by atoms with E-state index in [9.17, 15) is 18.0 Å². The van der Waals surface area contributed by atoms with Gasteiger partial charge in [0.2, 0.25) is 10.9 Å². The normalized spacial score (nSPS) is 12.7. The fourth-order valence-corrected chi connectivity index (χ4v) is 3.10. The lowest BCUT2D eigenvalue weighted by Crippen LogP contribution is -2.48. The molecule has 3 aromatic carbocycles. The van der Waals surface area contributed by atoms with Gasteiger partial charge >= 0.3 is 0 Å². The van der Waals surface area contributed by atoms with Crippen LogP contribution in [-0.2, 0) is 16.5 Å². The third-order valence-corrected chi connectivity index (χ3v) is 5.09. The van der Waals surface area contributed by atoms with E-state index in [0.29, 0.717) is 11.4 Å². The minimum absolute atomic E-state index is 0.0437. The van der Waals surface area contributed by atoms with Crippen LogP contribution < -0.4 is 32.4 Å². The van der Waals surface area contributed by atoms with Gasteiger partial charge in [0.05, 0.1) is 16.3 Å². The van der Waals surface area contributed by atoms with Crippen LogP contribution in [0.5, 0.6) is 0 Å². The molecule has 0 fully saturated rings. The smallest absolute Gasteiger partial charge is 0.287 e. The first-order valence-electron chi connectivity index (χ1n) is 8.89. The van der Waals surface area contributed by atoms with Crippen LogP contribution >= 0.6 is 0 Å². The summed E-state index contributed by atoms with van der Waals surface area (Å²) in [5, 5.41) is 7.59. The zero-order chi connectivity index (χ0) is 21.7. The lowest BCUT2D eigenvalue weighted by atomic mass is 10.1. The van der Waals surface area contributed by atoms with Crippen molar-refractivity contribution >= 4 is 21.5 Å². The van der Waals surface area contributed by atoms with Crippen LogP contribution in [0, 0.1) is 0 Å². The molecule has 0 aliphatic rings. The van der Waals surface area contributed by atoms with Crippen LogP contribution in [-0.4, -0.2) is 13.0 Å². The number of nitrogens with one attached hydrogen (secondary N) is 2. The first-order chi connectivity index (χ1) is 14.3. The molecule has 9 nitrogen and oxygen atoms in total. The number of aryl methyl sites for hydroxylation is 1. The SMILES string of the molecule is CCc1ccccc1N/N=c1/c(=O)cc/c(=N\Nc2ccc(S(=O)(=O)O)cc2)c1=O. The van der Waals surface area contributed by atoms with E-state index in [2.05, 4.69) is 21.1 Å². The summed E-state index contributed by atoms with van der Waals surface area (Å²) in [5.74, 6) is 0. The molecule has 0 aliphatic carbocycles. The minimum atomic E-state index is -4.30. The highest BCUT2D eigenvalue weighted by Gasteiger charge is 2.08. The highest BCUT2D eigenvalue weighted by molar-refractivity contribution is 7.85. The number of nitrogens with zero attached hydrogens (tertiary/aromatic N) is 2. The fourth-order valence-electron chi connectivity index (χ4n) is 2.62. The second kappa shape index (κ2) is 8.80. The van der Waals surface area contributed by atoms with Crippen molar-refractivity contribution in [3.8, 4) is 0 Å². The van der Waals surface area contributed by atoms with E-state index >= 15 is 0 Å². The van der Waals surface area contributed by atoms with Gasteiger partial charge in [0, 0.05) is 0 Å². The van der Waals surface area contributed by atoms with Crippen molar-refractivity contribution in [1.29, 1.82) is 0 Å². The van der Waals surface area contributed by atoms with Crippen LogP contribution in [0.4, 0.5) is 11.4 Å². The van der Waals surface area contributed by atoms with Crippen LogP contribution in [0.15, 0.2) is 85.4 Å². The zero-order valence-corrected chi connectivity index (χ0v) is 16.7. The average Bonchev–Trinajstić information content (AvgIpc) is 2.73. The van der Waals surface area contributed by atoms with Crippen molar-refractivity contribution in [2.45, 2.75) is 18.2 Å². The van der Waals surface area contributed by atoms with Crippen molar-refractivity contribution in [3.05, 3.63) is 97.4 Å². The van der Waals surface area contributed by atoms with Gasteiger partial charge in [0.1, 0.15) is 5.36 Å². The lowest BCUT2D eigenvalue weighted by molar-refractivity contribution is 0.483. The zero-order valence-electron chi connectivity index (χ0n) is 15.9. The van der Waals surface area contributed by atoms with Gasteiger partial charge in [-0.1, -0.05) is 25.1 Å². The molecule has 0 spiro atoms. The van der Waals surface area contributed by atoms with Crippen molar-refractivity contribution in [1.82, 2.24) is 0 Å². The van der Waals surface area contributed by atoms with Crippen LogP contribution in [0.2, 0.25) is 0 Å². The molecule has 154 valence electrons. The topological polar surface area (TPSA) is 137 Å². The summed E-state index contributed by atoms with van der Waals surface area (Å²) in [6.45, 7) is 1.98. The van der Waals surface area contributed by atoms with E-state index in [1.807, 2.05) is 25.1 Å². The molecule has 10 heteroatoms. The molecule has 0 aromatic heterocycles. The molecule has 3 aromatic rings. The molecule has 0 saturated carbocycles. The van der Waals surface area contributed by atoms with Gasteiger partial charge in [0.15, 0.2) is 5.36 Å². The number of rotatable bonds is 6. The summed E-state index contributed by atoms with van der Waals surface area (Å²) in [7, 11) is -4.30. The summed E-state index contributed by atoms with van der Waals surface area (Å²) in [5.41, 5.74) is 6.22. The molecule has 0 bridgehead atoms. The maximum Gasteiger partial charge on any atom is 0.294 e. The highest BCUT2D eigenvalue weighted by Crippen LogP contribution is 2.15. The molecule has 0 radical (unpaired) electrons. The van der Waals surface area contributed by atoms with Crippen molar-refractivity contribution in [3.63, 3.8) is 0 Å². The van der Waals surface area contributed by atoms with Crippen molar-refractivity contribution < 1.29 is 13.0 Å². The molecular formula is C20H18N4O5S. The molecule has 0 amide bonds. The Bertz CT molecular complexity index is 1390. The monoisotopic (exact) mass is 426 g/mol. The van der Waals surface area contributed by atoms with E-state index in [1.54, 1.807) is 6.07 Å². The Balaban J connectivity index is 1.92. The number of hydrogen-bond acceptors (Lipinski definition) is 8. The van der Waals surface area contributed by atoms with Crippen molar-refractivity contribution in [2.24, 2.45) is 10.2 Å². The standard InChI is InChI=1S/C20H18N4O5S/c1-2-13-5-3-4-6-16(13)22-24-19-18(25)12-11-17(20(19)26)23-21-14-7-9-15(10-8-14)30(27,28)29/h3-12,21-22H,2H2,1H3,(H,27,28,29)/b23-17+,24-19-. The van der Waals surface area contributed by atoms with Gasteiger partial charge in [-0.15, -0.1) is 0 Å². The van der Waals surface area contributed by atoms with Gasteiger partial charge < -0.3 is 0 Å². The Kier molecular flexibility index (Phi) is 6.19. The molecule has 0 unspecified atom stereocenters. The molecule has 0 atom stereocenters.